The topological polar surface area (TPSA) is 20.3 Å². The first kappa shape index (κ1) is 18.3. The molecule has 0 aromatic heterocycles. The fourth-order valence-electron chi connectivity index (χ4n) is 5.45. The van der Waals surface area contributed by atoms with Gasteiger partial charge in [0.25, 0.3) is 0 Å². The van der Waals surface area contributed by atoms with Crippen molar-refractivity contribution in [2.75, 3.05) is 13.1 Å². The van der Waals surface area contributed by atoms with Crippen LogP contribution in [0.1, 0.15) is 35.4 Å². The molecule has 3 heterocycles. The van der Waals surface area contributed by atoms with Crippen LogP contribution in [-0.2, 0) is 11.2 Å². The third kappa shape index (κ3) is 3.32. The SMILES string of the molecule is O=C1C(C(c2ccccc2)c2ccccc2)N2CCC1(Cc1ccccc1)CC2. The quantitative estimate of drug-likeness (QED) is 0.613. The zero-order chi connectivity index (χ0) is 19.7. The summed E-state index contributed by atoms with van der Waals surface area (Å²) in [6.07, 6.45) is 2.83. The lowest BCUT2D eigenvalue weighted by Crippen LogP contribution is -2.63. The van der Waals surface area contributed by atoms with Gasteiger partial charge in [0.15, 0.2) is 5.78 Å². The molecule has 3 aromatic carbocycles. The summed E-state index contributed by atoms with van der Waals surface area (Å²) in [6.45, 7) is 2.03. The second-order valence-corrected chi connectivity index (χ2v) is 8.59. The highest BCUT2D eigenvalue weighted by molar-refractivity contribution is 5.93. The number of hydrogen-bond donors (Lipinski definition) is 0. The molecule has 146 valence electrons. The summed E-state index contributed by atoms with van der Waals surface area (Å²) < 4.78 is 0. The van der Waals surface area contributed by atoms with Gasteiger partial charge in [-0.3, -0.25) is 9.69 Å². The Kier molecular flexibility index (Phi) is 4.81. The number of rotatable bonds is 5. The van der Waals surface area contributed by atoms with Crippen LogP contribution < -0.4 is 0 Å². The molecule has 2 heteroatoms. The Morgan fingerprint density at radius 3 is 1.76 bits per heavy atom. The number of nitrogens with zero attached hydrogens (tertiary/aromatic N) is 1. The van der Waals surface area contributed by atoms with E-state index in [2.05, 4.69) is 95.9 Å². The van der Waals surface area contributed by atoms with Crippen LogP contribution in [0.5, 0.6) is 0 Å². The second kappa shape index (κ2) is 7.61. The number of carbonyl (C=O) groups excluding carboxylic acids is 1. The Hall–Kier alpha value is -2.71. The summed E-state index contributed by atoms with van der Waals surface area (Å²) in [6, 6.07) is 31.7. The van der Waals surface area contributed by atoms with E-state index >= 15 is 0 Å². The number of piperidine rings is 3. The highest BCUT2D eigenvalue weighted by Gasteiger charge is 2.54. The molecule has 3 aliphatic rings. The minimum atomic E-state index is -0.220. The molecule has 1 unspecified atom stereocenters. The van der Waals surface area contributed by atoms with Crippen molar-refractivity contribution >= 4 is 5.78 Å². The van der Waals surface area contributed by atoms with Crippen LogP contribution in [0, 0.1) is 5.41 Å². The first-order chi connectivity index (χ1) is 14.3. The molecule has 2 bridgehead atoms. The van der Waals surface area contributed by atoms with Gasteiger partial charge < -0.3 is 0 Å². The molecule has 3 saturated heterocycles. The van der Waals surface area contributed by atoms with E-state index in [1.54, 1.807) is 0 Å². The predicted molar refractivity (Wildman–Crippen MR) is 117 cm³/mol. The molecular formula is C27H27NO. The summed E-state index contributed by atoms with van der Waals surface area (Å²) in [5.41, 5.74) is 3.53. The minimum Gasteiger partial charge on any atom is -0.297 e. The summed E-state index contributed by atoms with van der Waals surface area (Å²) in [5.74, 6) is 0.525. The number of ketones is 1. The number of benzene rings is 3. The van der Waals surface area contributed by atoms with Gasteiger partial charge in [0, 0.05) is 11.3 Å². The first-order valence-corrected chi connectivity index (χ1v) is 10.7. The van der Waals surface area contributed by atoms with E-state index in [1.165, 1.54) is 16.7 Å². The molecule has 3 fully saturated rings. The third-order valence-electron chi connectivity index (χ3n) is 6.96. The van der Waals surface area contributed by atoms with Crippen LogP contribution in [0.3, 0.4) is 0 Å². The summed E-state index contributed by atoms with van der Waals surface area (Å²) in [5, 5.41) is 0. The van der Waals surface area contributed by atoms with Crippen molar-refractivity contribution in [2.24, 2.45) is 5.41 Å². The van der Waals surface area contributed by atoms with Crippen LogP contribution >= 0.6 is 0 Å². The largest absolute Gasteiger partial charge is 0.297 e. The fourth-order valence-corrected chi connectivity index (χ4v) is 5.45. The average Bonchev–Trinajstić information content (AvgIpc) is 2.79. The van der Waals surface area contributed by atoms with Crippen molar-refractivity contribution in [3.63, 3.8) is 0 Å². The Bertz CT molecular complexity index is 920. The maximum atomic E-state index is 14.1. The lowest BCUT2D eigenvalue weighted by Gasteiger charge is -2.53. The monoisotopic (exact) mass is 381 g/mol. The predicted octanol–water partition coefficient (Wildman–Crippen LogP) is 5.09. The molecule has 3 aliphatic heterocycles. The Morgan fingerprint density at radius 1 is 0.759 bits per heavy atom. The summed E-state index contributed by atoms with van der Waals surface area (Å²) in [4.78, 5) is 16.5. The van der Waals surface area contributed by atoms with Gasteiger partial charge >= 0.3 is 0 Å². The van der Waals surface area contributed by atoms with Crippen molar-refractivity contribution in [1.82, 2.24) is 4.90 Å². The maximum absolute atomic E-state index is 14.1. The molecule has 0 radical (unpaired) electrons. The molecule has 6 rings (SSSR count). The van der Waals surface area contributed by atoms with Crippen molar-refractivity contribution in [2.45, 2.75) is 31.2 Å². The Morgan fingerprint density at radius 2 is 1.24 bits per heavy atom. The van der Waals surface area contributed by atoms with Crippen LogP contribution in [0.2, 0.25) is 0 Å². The number of hydrogen-bond acceptors (Lipinski definition) is 2. The normalized spacial score (nSPS) is 26.0. The molecule has 0 amide bonds. The third-order valence-corrected chi connectivity index (χ3v) is 6.96. The van der Waals surface area contributed by atoms with Gasteiger partial charge in [-0.05, 0) is 49.0 Å². The molecule has 3 aromatic rings. The van der Waals surface area contributed by atoms with Crippen LogP contribution in [0.25, 0.3) is 0 Å². The van der Waals surface area contributed by atoms with Crippen LogP contribution in [0.15, 0.2) is 91.0 Å². The van der Waals surface area contributed by atoms with E-state index in [1.807, 2.05) is 0 Å². The van der Waals surface area contributed by atoms with Crippen LogP contribution in [-0.4, -0.2) is 29.8 Å². The van der Waals surface area contributed by atoms with Crippen molar-refractivity contribution in [3.05, 3.63) is 108 Å². The standard InChI is InChI=1S/C27H27NO/c29-26-25(24(22-12-6-2-7-13-22)23-14-8-3-9-15-23)28-18-16-27(26,17-19-28)20-21-10-4-1-5-11-21/h1-15,24-25H,16-20H2. The zero-order valence-corrected chi connectivity index (χ0v) is 16.7. The average molecular weight is 382 g/mol. The van der Waals surface area contributed by atoms with Crippen molar-refractivity contribution in [1.29, 1.82) is 0 Å². The van der Waals surface area contributed by atoms with E-state index < -0.39 is 0 Å². The molecule has 0 spiro atoms. The molecule has 1 atom stereocenters. The highest BCUT2D eigenvalue weighted by Crippen LogP contribution is 2.47. The molecule has 29 heavy (non-hydrogen) atoms. The Labute approximate surface area is 173 Å². The lowest BCUT2D eigenvalue weighted by atomic mass is 9.62. The van der Waals surface area contributed by atoms with E-state index in [4.69, 9.17) is 0 Å². The van der Waals surface area contributed by atoms with E-state index in [9.17, 15) is 4.79 Å². The minimum absolute atomic E-state index is 0.0778. The number of carbonyl (C=O) groups is 1. The molecule has 0 saturated carbocycles. The maximum Gasteiger partial charge on any atom is 0.157 e. The van der Waals surface area contributed by atoms with E-state index in [0.717, 1.165) is 32.4 Å². The zero-order valence-electron chi connectivity index (χ0n) is 16.7. The second-order valence-electron chi connectivity index (χ2n) is 8.59. The molecule has 0 aliphatic carbocycles. The molecular weight excluding hydrogens is 354 g/mol. The fraction of sp³-hybridized carbons (Fsp3) is 0.296. The van der Waals surface area contributed by atoms with Crippen LogP contribution in [0.4, 0.5) is 0 Å². The lowest BCUT2D eigenvalue weighted by molar-refractivity contribution is -0.148. The van der Waals surface area contributed by atoms with Gasteiger partial charge in [0.05, 0.1) is 6.04 Å². The van der Waals surface area contributed by atoms with Crippen molar-refractivity contribution < 1.29 is 4.79 Å². The Balaban J connectivity index is 1.55. The van der Waals surface area contributed by atoms with Gasteiger partial charge in [-0.25, -0.2) is 0 Å². The smallest absolute Gasteiger partial charge is 0.157 e. The van der Waals surface area contributed by atoms with E-state index in [-0.39, 0.29) is 17.4 Å². The summed E-state index contributed by atoms with van der Waals surface area (Å²) in [7, 11) is 0. The first-order valence-electron chi connectivity index (χ1n) is 10.7. The molecule has 0 N–H and O–H groups in total. The number of fused-ring (bicyclic) bond motifs is 3. The molecule has 2 nitrogen and oxygen atoms in total. The van der Waals surface area contributed by atoms with Gasteiger partial charge in [0.2, 0.25) is 0 Å². The van der Waals surface area contributed by atoms with Gasteiger partial charge in [-0.2, -0.15) is 0 Å². The van der Waals surface area contributed by atoms with E-state index in [0.29, 0.717) is 5.78 Å². The number of Topliss-reactive ketones (excluding diaryl/α,β-unsaturated/α-hetero) is 1. The van der Waals surface area contributed by atoms with Crippen molar-refractivity contribution in [3.8, 4) is 0 Å². The highest BCUT2D eigenvalue weighted by atomic mass is 16.1. The van der Waals surface area contributed by atoms with Gasteiger partial charge in [-0.1, -0.05) is 91.0 Å². The van der Waals surface area contributed by atoms with Gasteiger partial charge in [-0.15, -0.1) is 0 Å². The van der Waals surface area contributed by atoms with Gasteiger partial charge in [0.1, 0.15) is 0 Å². The summed E-state index contributed by atoms with van der Waals surface area (Å²) >= 11 is 0.